The second-order valence-corrected chi connectivity index (χ2v) is 8.95. The molecule has 4 aromatic rings. The Morgan fingerprint density at radius 1 is 1.00 bits per heavy atom. The Morgan fingerprint density at radius 2 is 1.78 bits per heavy atom. The molecule has 1 unspecified atom stereocenters. The number of carbonyl (C=O) groups excluding carboxylic acids is 1. The van der Waals surface area contributed by atoms with E-state index in [1.165, 1.54) is 0 Å². The molecular formula is C30H33N3O4. The average Bonchev–Trinajstić information content (AvgIpc) is 3.37. The van der Waals surface area contributed by atoms with Gasteiger partial charge in [0, 0.05) is 47.6 Å². The van der Waals surface area contributed by atoms with Crippen LogP contribution in [0.15, 0.2) is 60.8 Å². The summed E-state index contributed by atoms with van der Waals surface area (Å²) in [7, 11) is 0. The standard InChI is InChI=1S/C30H33N3O4/c1-6-32(7-2)21-16-17-24(26(19-21)35-8-3)30(28-23(29(34)37-30)14-12-18-31-28)27-20(5)33(36-9-4)25-15-11-10-13-22(25)27/h10-19H,6-9H2,1-5H3. The molecule has 0 radical (unpaired) electrons. The lowest BCUT2D eigenvalue weighted by atomic mass is 9.80. The molecule has 0 aliphatic carbocycles. The summed E-state index contributed by atoms with van der Waals surface area (Å²) in [5.74, 6) is 0.247. The lowest BCUT2D eigenvalue weighted by Crippen LogP contribution is -2.32. The summed E-state index contributed by atoms with van der Waals surface area (Å²) in [6.07, 6.45) is 1.71. The first-order chi connectivity index (χ1) is 18.0. The number of hydrogen-bond acceptors (Lipinski definition) is 6. The number of esters is 1. The summed E-state index contributed by atoms with van der Waals surface area (Å²) >= 11 is 0. The van der Waals surface area contributed by atoms with Crippen LogP contribution in [0, 0.1) is 6.92 Å². The lowest BCUT2D eigenvalue weighted by molar-refractivity contribution is 0.0232. The quantitative estimate of drug-likeness (QED) is 0.283. The first-order valence-electron chi connectivity index (χ1n) is 13.0. The van der Waals surface area contributed by atoms with Crippen LogP contribution in [0.3, 0.4) is 0 Å². The van der Waals surface area contributed by atoms with Gasteiger partial charge in [-0.2, -0.15) is 4.73 Å². The van der Waals surface area contributed by atoms with Crippen LogP contribution >= 0.6 is 0 Å². The molecule has 5 rings (SSSR count). The van der Waals surface area contributed by atoms with Crippen molar-refractivity contribution in [1.82, 2.24) is 9.71 Å². The van der Waals surface area contributed by atoms with Crippen molar-refractivity contribution >= 4 is 22.6 Å². The van der Waals surface area contributed by atoms with Gasteiger partial charge in [0.05, 0.1) is 23.4 Å². The van der Waals surface area contributed by atoms with E-state index in [1.54, 1.807) is 18.3 Å². The molecule has 7 heteroatoms. The highest BCUT2D eigenvalue weighted by molar-refractivity contribution is 5.98. The smallest absolute Gasteiger partial charge is 0.341 e. The van der Waals surface area contributed by atoms with E-state index in [0.29, 0.717) is 30.2 Å². The van der Waals surface area contributed by atoms with Gasteiger partial charge in [0.25, 0.3) is 0 Å². The van der Waals surface area contributed by atoms with E-state index in [0.717, 1.165) is 46.5 Å². The minimum absolute atomic E-state index is 0.411. The van der Waals surface area contributed by atoms with Crippen molar-refractivity contribution in [2.75, 3.05) is 31.2 Å². The summed E-state index contributed by atoms with van der Waals surface area (Å²) in [5.41, 5.74) is 4.03. The molecular weight excluding hydrogens is 466 g/mol. The highest BCUT2D eigenvalue weighted by atomic mass is 16.7. The molecule has 2 aromatic heterocycles. The van der Waals surface area contributed by atoms with Gasteiger partial charge in [0.15, 0.2) is 0 Å². The van der Waals surface area contributed by atoms with Crippen molar-refractivity contribution in [3.8, 4) is 5.75 Å². The zero-order valence-corrected chi connectivity index (χ0v) is 22.1. The average molecular weight is 500 g/mol. The predicted molar refractivity (Wildman–Crippen MR) is 145 cm³/mol. The maximum atomic E-state index is 13.4. The van der Waals surface area contributed by atoms with Gasteiger partial charge in [-0.05, 0) is 65.0 Å². The molecule has 0 bridgehead atoms. The Hall–Kier alpha value is -4.00. The second-order valence-electron chi connectivity index (χ2n) is 8.95. The molecule has 1 aliphatic rings. The Balaban J connectivity index is 1.90. The maximum absolute atomic E-state index is 13.4. The molecule has 7 nitrogen and oxygen atoms in total. The molecule has 1 atom stereocenters. The Morgan fingerprint density at radius 3 is 2.51 bits per heavy atom. The van der Waals surface area contributed by atoms with Gasteiger partial charge in [0.1, 0.15) is 18.1 Å². The van der Waals surface area contributed by atoms with Crippen molar-refractivity contribution < 1.29 is 19.1 Å². The van der Waals surface area contributed by atoms with Crippen molar-refractivity contribution in [2.24, 2.45) is 0 Å². The van der Waals surface area contributed by atoms with Crippen LogP contribution < -0.4 is 14.5 Å². The first-order valence-corrected chi connectivity index (χ1v) is 13.0. The van der Waals surface area contributed by atoms with Gasteiger partial charge < -0.3 is 19.2 Å². The number of fused-ring (bicyclic) bond motifs is 2. The zero-order valence-electron chi connectivity index (χ0n) is 22.1. The van der Waals surface area contributed by atoms with E-state index in [4.69, 9.17) is 19.3 Å². The molecule has 0 spiro atoms. The number of rotatable bonds is 9. The fraction of sp³-hybridized carbons (Fsp3) is 0.333. The topological polar surface area (TPSA) is 65.8 Å². The largest absolute Gasteiger partial charge is 0.493 e. The predicted octanol–water partition coefficient (Wildman–Crippen LogP) is 5.50. The Labute approximate surface area is 217 Å². The molecule has 0 saturated carbocycles. The summed E-state index contributed by atoms with van der Waals surface area (Å²) in [6, 6.07) is 17.7. The Kier molecular flexibility index (Phi) is 6.54. The van der Waals surface area contributed by atoms with E-state index in [9.17, 15) is 4.79 Å². The molecule has 0 saturated heterocycles. The lowest BCUT2D eigenvalue weighted by Gasteiger charge is -2.32. The van der Waals surface area contributed by atoms with Crippen molar-refractivity contribution in [1.29, 1.82) is 0 Å². The summed E-state index contributed by atoms with van der Waals surface area (Å²) in [5, 5.41) is 0.926. The third-order valence-electron chi connectivity index (χ3n) is 7.05. The third-order valence-corrected chi connectivity index (χ3v) is 7.05. The first kappa shape index (κ1) is 24.7. The summed E-state index contributed by atoms with van der Waals surface area (Å²) < 4.78 is 14.5. The fourth-order valence-corrected chi connectivity index (χ4v) is 5.52. The van der Waals surface area contributed by atoms with Crippen molar-refractivity contribution in [2.45, 2.75) is 40.2 Å². The van der Waals surface area contributed by atoms with Gasteiger partial charge in [-0.15, -0.1) is 0 Å². The van der Waals surface area contributed by atoms with Gasteiger partial charge in [-0.1, -0.05) is 18.2 Å². The maximum Gasteiger partial charge on any atom is 0.341 e. The van der Waals surface area contributed by atoms with Gasteiger partial charge in [-0.25, -0.2) is 4.79 Å². The van der Waals surface area contributed by atoms with Crippen LogP contribution in [0.1, 0.15) is 60.6 Å². The molecule has 3 heterocycles. The molecule has 37 heavy (non-hydrogen) atoms. The Bertz CT molecular complexity index is 1460. The zero-order chi connectivity index (χ0) is 26.2. The third kappa shape index (κ3) is 3.72. The number of carbonyl (C=O) groups is 1. The highest BCUT2D eigenvalue weighted by Gasteiger charge is 2.54. The van der Waals surface area contributed by atoms with Gasteiger partial charge in [0.2, 0.25) is 5.60 Å². The van der Waals surface area contributed by atoms with Crippen LogP contribution in [0.25, 0.3) is 10.9 Å². The normalized spacial score (nSPS) is 16.5. The van der Waals surface area contributed by atoms with Crippen LogP contribution in [0.2, 0.25) is 0 Å². The number of benzene rings is 2. The van der Waals surface area contributed by atoms with Gasteiger partial charge in [-0.3, -0.25) is 4.98 Å². The highest BCUT2D eigenvalue weighted by Crippen LogP contribution is 2.52. The number of hydrogen-bond donors (Lipinski definition) is 0. The number of pyridine rings is 1. The number of aromatic nitrogens is 2. The minimum atomic E-state index is -1.31. The summed E-state index contributed by atoms with van der Waals surface area (Å²) in [4.78, 5) is 26.5. The molecule has 1 aliphatic heterocycles. The van der Waals surface area contributed by atoms with E-state index in [2.05, 4.69) is 24.8 Å². The van der Waals surface area contributed by atoms with E-state index < -0.39 is 11.6 Å². The molecule has 2 aromatic carbocycles. The number of ether oxygens (including phenoxy) is 2. The van der Waals surface area contributed by atoms with Gasteiger partial charge >= 0.3 is 5.97 Å². The molecule has 0 fully saturated rings. The van der Waals surface area contributed by atoms with Crippen LogP contribution in [-0.2, 0) is 10.3 Å². The van der Waals surface area contributed by atoms with E-state index >= 15 is 0 Å². The van der Waals surface area contributed by atoms with Crippen molar-refractivity contribution in [3.63, 3.8) is 0 Å². The fourth-order valence-electron chi connectivity index (χ4n) is 5.52. The SMILES string of the molecule is CCOc1cc(N(CC)CC)ccc1C1(c2c(C)n(OCC)c3ccccc23)OC(=O)c2cccnc21. The van der Waals surface area contributed by atoms with Crippen LogP contribution in [0.4, 0.5) is 5.69 Å². The van der Waals surface area contributed by atoms with Crippen molar-refractivity contribution in [3.05, 3.63) is 88.9 Å². The van der Waals surface area contributed by atoms with Crippen LogP contribution in [-0.4, -0.2) is 42.0 Å². The molecule has 192 valence electrons. The number of nitrogens with zero attached hydrogens (tertiary/aromatic N) is 3. The van der Waals surface area contributed by atoms with Crippen LogP contribution in [0.5, 0.6) is 5.75 Å². The molecule has 0 amide bonds. The van der Waals surface area contributed by atoms with E-state index in [1.807, 2.05) is 61.9 Å². The molecule has 0 N–H and O–H groups in total. The number of anilines is 1. The number of para-hydroxylation sites is 1. The monoisotopic (exact) mass is 499 g/mol. The summed E-state index contributed by atoms with van der Waals surface area (Å²) in [6.45, 7) is 12.9. The van der Waals surface area contributed by atoms with E-state index in [-0.39, 0.29) is 0 Å². The number of cyclic esters (lactones) is 1. The second kappa shape index (κ2) is 9.81. The minimum Gasteiger partial charge on any atom is -0.493 e.